The van der Waals surface area contributed by atoms with Crippen molar-refractivity contribution in [1.82, 2.24) is 9.80 Å². The highest BCUT2D eigenvalue weighted by molar-refractivity contribution is 4.62. The van der Waals surface area contributed by atoms with Crippen LogP contribution < -0.4 is 0 Å². The average Bonchev–Trinajstić information content (AvgIpc) is 2.63. The second kappa shape index (κ2) is 21.1. The molecule has 0 aromatic rings. The van der Waals surface area contributed by atoms with Crippen LogP contribution in [0.2, 0.25) is 0 Å². The van der Waals surface area contributed by atoms with Gasteiger partial charge in [0.25, 0.3) is 0 Å². The minimum atomic E-state index is 0.138. The number of hydrogen-bond donors (Lipinski definition) is 3. The van der Waals surface area contributed by atoms with Crippen molar-refractivity contribution in [2.24, 2.45) is 0 Å². The Bertz CT molecular complexity index is 262. The van der Waals surface area contributed by atoms with Crippen LogP contribution in [0.4, 0.5) is 0 Å². The molecule has 158 valence electrons. The van der Waals surface area contributed by atoms with Crippen LogP contribution in [0.25, 0.3) is 0 Å². The van der Waals surface area contributed by atoms with Gasteiger partial charge >= 0.3 is 0 Å². The lowest BCUT2D eigenvalue weighted by molar-refractivity contribution is 0.147. The van der Waals surface area contributed by atoms with Gasteiger partial charge in [0.15, 0.2) is 0 Å². The van der Waals surface area contributed by atoms with Crippen LogP contribution in [0.1, 0.15) is 77.6 Å². The zero-order chi connectivity index (χ0) is 19.3. The van der Waals surface area contributed by atoms with E-state index in [4.69, 9.17) is 10.2 Å². The van der Waals surface area contributed by atoms with Crippen LogP contribution in [0, 0.1) is 0 Å². The SMILES string of the molecule is CCCCCCCCCCCCN(CCO)CCCN(CCO)CCO. The highest BCUT2D eigenvalue weighted by atomic mass is 16.3. The third-order valence-corrected chi connectivity index (χ3v) is 5.03. The van der Waals surface area contributed by atoms with E-state index in [1.807, 2.05) is 0 Å². The first-order chi connectivity index (χ1) is 12.8. The minimum Gasteiger partial charge on any atom is -0.395 e. The molecule has 5 nitrogen and oxygen atoms in total. The Morgan fingerprint density at radius 2 is 0.769 bits per heavy atom. The number of aliphatic hydroxyl groups excluding tert-OH is 3. The van der Waals surface area contributed by atoms with Crippen LogP contribution in [0.5, 0.6) is 0 Å². The molecule has 26 heavy (non-hydrogen) atoms. The smallest absolute Gasteiger partial charge is 0.0558 e. The zero-order valence-corrected chi connectivity index (χ0v) is 17.4. The molecule has 0 aromatic heterocycles. The fourth-order valence-electron chi connectivity index (χ4n) is 3.44. The first-order valence-corrected chi connectivity index (χ1v) is 11.1. The Morgan fingerprint density at radius 3 is 1.19 bits per heavy atom. The Balaban J connectivity index is 3.66. The normalized spacial score (nSPS) is 11.8. The van der Waals surface area contributed by atoms with E-state index in [2.05, 4.69) is 16.7 Å². The van der Waals surface area contributed by atoms with Crippen LogP contribution in [0.3, 0.4) is 0 Å². The van der Waals surface area contributed by atoms with Gasteiger partial charge in [-0.2, -0.15) is 0 Å². The Hall–Kier alpha value is -0.200. The lowest BCUT2D eigenvalue weighted by atomic mass is 10.1. The Kier molecular flexibility index (Phi) is 20.9. The molecule has 0 aliphatic heterocycles. The summed E-state index contributed by atoms with van der Waals surface area (Å²) in [6, 6.07) is 0. The fraction of sp³-hybridized carbons (Fsp3) is 1.00. The van der Waals surface area contributed by atoms with E-state index < -0.39 is 0 Å². The van der Waals surface area contributed by atoms with Gasteiger partial charge in [-0.15, -0.1) is 0 Å². The Labute approximate surface area is 162 Å². The summed E-state index contributed by atoms with van der Waals surface area (Å²) in [7, 11) is 0. The van der Waals surface area contributed by atoms with Gasteiger partial charge in [-0.1, -0.05) is 64.7 Å². The quantitative estimate of drug-likeness (QED) is 0.270. The molecule has 0 saturated heterocycles. The molecular weight excluding hydrogens is 328 g/mol. The molecule has 0 aromatic carbocycles. The van der Waals surface area contributed by atoms with Crippen molar-refractivity contribution in [2.45, 2.75) is 77.6 Å². The zero-order valence-electron chi connectivity index (χ0n) is 17.4. The average molecular weight is 375 g/mol. The van der Waals surface area contributed by atoms with E-state index in [1.54, 1.807) is 0 Å². The van der Waals surface area contributed by atoms with E-state index in [1.165, 1.54) is 64.2 Å². The van der Waals surface area contributed by atoms with Gasteiger partial charge in [0.05, 0.1) is 19.8 Å². The van der Waals surface area contributed by atoms with Crippen molar-refractivity contribution < 1.29 is 15.3 Å². The van der Waals surface area contributed by atoms with E-state index in [0.29, 0.717) is 13.1 Å². The van der Waals surface area contributed by atoms with Gasteiger partial charge in [-0.25, -0.2) is 0 Å². The van der Waals surface area contributed by atoms with Crippen molar-refractivity contribution in [1.29, 1.82) is 0 Å². The maximum absolute atomic E-state index is 9.26. The summed E-state index contributed by atoms with van der Waals surface area (Å²) in [5.74, 6) is 0. The number of unbranched alkanes of at least 4 members (excludes halogenated alkanes) is 9. The molecule has 0 heterocycles. The Morgan fingerprint density at radius 1 is 0.423 bits per heavy atom. The molecule has 0 bridgehead atoms. The van der Waals surface area contributed by atoms with E-state index in [-0.39, 0.29) is 19.8 Å². The van der Waals surface area contributed by atoms with Gasteiger partial charge in [0, 0.05) is 19.6 Å². The molecule has 0 amide bonds. The summed E-state index contributed by atoms with van der Waals surface area (Å²) < 4.78 is 0. The summed E-state index contributed by atoms with van der Waals surface area (Å²) in [5, 5.41) is 27.4. The maximum Gasteiger partial charge on any atom is 0.0558 e. The van der Waals surface area contributed by atoms with Crippen LogP contribution in [-0.2, 0) is 0 Å². The number of rotatable bonds is 21. The molecule has 0 spiro atoms. The van der Waals surface area contributed by atoms with Crippen molar-refractivity contribution in [2.75, 3.05) is 59.1 Å². The standard InChI is InChI=1S/C21H46N2O3/c1-2-3-4-5-6-7-8-9-10-11-13-22(16-19-24)14-12-15-23(17-20-25)18-21-26/h24-26H,2-21H2,1H3. The second-order valence-corrected chi connectivity index (χ2v) is 7.39. The molecule has 0 rings (SSSR count). The highest BCUT2D eigenvalue weighted by Gasteiger charge is 2.07. The van der Waals surface area contributed by atoms with Gasteiger partial charge in [-0.05, 0) is 32.5 Å². The third kappa shape index (κ3) is 17.2. The molecule has 0 fully saturated rings. The lowest BCUT2D eigenvalue weighted by Gasteiger charge is -2.24. The summed E-state index contributed by atoms with van der Waals surface area (Å²) in [6.07, 6.45) is 14.5. The van der Waals surface area contributed by atoms with Crippen molar-refractivity contribution in [3.05, 3.63) is 0 Å². The fourth-order valence-corrected chi connectivity index (χ4v) is 3.44. The molecule has 0 aliphatic carbocycles. The van der Waals surface area contributed by atoms with Crippen LogP contribution in [0.15, 0.2) is 0 Å². The van der Waals surface area contributed by atoms with Crippen molar-refractivity contribution in [3.8, 4) is 0 Å². The predicted octanol–water partition coefficient (Wildman–Crippen LogP) is 2.88. The molecule has 0 unspecified atom stereocenters. The van der Waals surface area contributed by atoms with Gasteiger partial charge in [0.1, 0.15) is 0 Å². The molecule has 0 radical (unpaired) electrons. The van der Waals surface area contributed by atoms with Crippen LogP contribution >= 0.6 is 0 Å². The molecule has 5 heteroatoms. The van der Waals surface area contributed by atoms with E-state index in [9.17, 15) is 5.11 Å². The molecule has 3 N–H and O–H groups in total. The topological polar surface area (TPSA) is 67.2 Å². The summed E-state index contributed by atoms with van der Waals surface area (Å²) in [5.41, 5.74) is 0. The summed E-state index contributed by atoms with van der Waals surface area (Å²) in [6.45, 7) is 7.69. The lowest BCUT2D eigenvalue weighted by Crippen LogP contribution is -2.35. The van der Waals surface area contributed by atoms with Crippen LogP contribution in [-0.4, -0.2) is 84.2 Å². The van der Waals surface area contributed by atoms with E-state index >= 15 is 0 Å². The summed E-state index contributed by atoms with van der Waals surface area (Å²) in [4.78, 5) is 4.44. The predicted molar refractivity (Wildman–Crippen MR) is 111 cm³/mol. The largest absolute Gasteiger partial charge is 0.395 e. The second-order valence-electron chi connectivity index (χ2n) is 7.39. The monoisotopic (exact) mass is 374 g/mol. The highest BCUT2D eigenvalue weighted by Crippen LogP contribution is 2.11. The number of nitrogens with zero attached hydrogens (tertiary/aromatic N) is 2. The van der Waals surface area contributed by atoms with Crippen molar-refractivity contribution in [3.63, 3.8) is 0 Å². The van der Waals surface area contributed by atoms with E-state index in [0.717, 1.165) is 32.6 Å². The number of hydrogen-bond acceptors (Lipinski definition) is 5. The third-order valence-electron chi connectivity index (χ3n) is 5.03. The number of aliphatic hydroxyl groups is 3. The molecule has 0 atom stereocenters. The van der Waals surface area contributed by atoms with Gasteiger partial charge in [0.2, 0.25) is 0 Å². The minimum absolute atomic E-state index is 0.138. The first kappa shape index (κ1) is 25.8. The van der Waals surface area contributed by atoms with Crippen molar-refractivity contribution >= 4 is 0 Å². The van der Waals surface area contributed by atoms with Gasteiger partial charge in [-0.3, -0.25) is 4.90 Å². The first-order valence-electron chi connectivity index (χ1n) is 11.1. The molecular formula is C21H46N2O3. The molecule has 0 saturated carbocycles. The molecule has 0 aliphatic rings. The van der Waals surface area contributed by atoms with Gasteiger partial charge < -0.3 is 20.2 Å². The maximum atomic E-state index is 9.26. The summed E-state index contributed by atoms with van der Waals surface area (Å²) >= 11 is 0.